The molecule has 1 fully saturated rings. The van der Waals surface area contributed by atoms with Gasteiger partial charge in [-0.2, -0.15) is 14.7 Å². The number of rotatable bonds is 13. The molecular formula is C39H44Cl2N5O6+. The molecule has 2 amide bonds. The molecular weight excluding hydrogens is 705 g/mol. The number of halogens is 2. The molecule has 1 saturated carbocycles. The maximum atomic E-state index is 13.3. The van der Waals surface area contributed by atoms with E-state index in [0.29, 0.717) is 52.8 Å². The standard InChI is InChI=1S/C38H43Cl2N5O4.CO2/c1-25-32(39)10-8-12-35(25)48-17-18-49-38(47)44-24-27-20-31(27)36-30(9-7-11-34(36)44)29-21-42-43(23-29)22-28-19-26(13-14-33(28)40)37(46)41-15-5-6-16-45(2,3)4;2-1-3/h7-14,19,21,23,27,31H,5-6,15-18,20,22,24H2,1-4H3;/p+1/t27-,31-;/m0./s1. The van der Waals surface area contributed by atoms with Gasteiger partial charge in [0.1, 0.15) is 19.0 Å². The van der Waals surface area contributed by atoms with Crippen LogP contribution in [0.15, 0.2) is 67.0 Å². The molecule has 0 saturated heterocycles. The highest BCUT2D eigenvalue weighted by molar-refractivity contribution is 6.31. The van der Waals surface area contributed by atoms with Gasteiger partial charge < -0.3 is 19.3 Å². The predicted molar refractivity (Wildman–Crippen MR) is 199 cm³/mol. The average Bonchev–Trinajstić information content (AvgIpc) is 3.76. The summed E-state index contributed by atoms with van der Waals surface area (Å²) in [6.07, 6.45) is 6.72. The van der Waals surface area contributed by atoms with Crippen LogP contribution in [-0.2, 0) is 20.9 Å². The molecule has 52 heavy (non-hydrogen) atoms. The zero-order valence-electron chi connectivity index (χ0n) is 29.9. The van der Waals surface area contributed by atoms with Crippen molar-refractivity contribution in [2.45, 2.75) is 38.6 Å². The highest BCUT2D eigenvalue weighted by atomic mass is 35.5. The number of hydrogen-bond donors (Lipinski definition) is 1. The number of ether oxygens (including phenoxy) is 2. The molecule has 2 aliphatic rings. The fraction of sp³-hybridized carbons (Fsp3) is 0.385. The third kappa shape index (κ3) is 9.80. The summed E-state index contributed by atoms with van der Waals surface area (Å²) in [4.78, 5) is 44.2. The van der Waals surface area contributed by atoms with Gasteiger partial charge in [-0.05, 0) is 91.1 Å². The highest BCUT2D eigenvalue weighted by Gasteiger charge is 2.48. The van der Waals surface area contributed by atoms with E-state index in [-0.39, 0.29) is 31.4 Å². The summed E-state index contributed by atoms with van der Waals surface area (Å²) in [6.45, 7) is 4.99. The summed E-state index contributed by atoms with van der Waals surface area (Å²) in [5, 5.41) is 8.90. The van der Waals surface area contributed by atoms with Crippen LogP contribution >= 0.6 is 23.2 Å². The lowest BCUT2D eigenvalue weighted by Crippen LogP contribution is -2.37. The quantitative estimate of drug-likeness (QED) is 0.116. The van der Waals surface area contributed by atoms with Gasteiger partial charge in [-0.1, -0.05) is 41.4 Å². The smallest absolute Gasteiger partial charge is 0.414 e. The molecule has 0 bridgehead atoms. The Morgan fingerprint density at radius 3 is 2.56 bits per heavy atom. The van der Waals surface area contributed by atoms with E-state index in [1.807, 2.05) is 60.4 Å². The number of amides is 2. The van der Waals surface area contributed by atoms with Crippen LogP contribution in [0.2, 0.25) is 10.0 Å². The summed E-state index contributed by atoms with van der Waals surface area (Å²) in [7, 11) is 6.51. The third-order valence-electron chi connectivity index (χ3n) is 9.21. The Hall–Kier alpha value is -4.67. The first-order valence-corrected chi connectivity index (χ1v) is 18.0. The summed E-state index contributed by atoms with van der Waals surface area (Å²) < 4.78 is 14.2. The van der Waals surface area contributed by atoms with E-state index in [4.69, 9.17) is 42.3 Å². The molecule has 1 aliphatic heterocycles. The van der Waals surface area contributed by atoms with Crippen LogP contribution in [-0.4, -0.2) is 86.4 Å². The summed E-state index contributed by atoms with van der Waals surface area (Å²) in [5.41, 5.74) is 6.29. The Morgan fingerprint density at radius 2 is 1.79 bits per heavy atom. The maximum absolute atomic E-state index is 13.3. The first kappa shape index (κ1) is 38.6. The van der Waals surface area contributed by atoms with E-state index in [1.54, 1.807) is 17.0 Å². The van der Waals surface area contributed by atoms with E-state index in [2.05, 4.69) is 37.6 Å². The molecule has 2 heterocycles. The lowest BCUT2D eigenvalue weighted by molar-refractivity contribution is -0.870. The van der Waals surface area contributed by atoms with Gasteiger partial charge in [0.2, 0.25) is 0 Å². The van der Waals surface area contributed by atoms with Crippen LogP contribution in [0.1, 0.15) is 52.2 Å². The van der Waals surface area contributed by atoms with Gasteiger partial charge in [0.25, 0.3) is 5.91 Å². The molecule has 11 nitrogen and oxygen atoms in total. The van der Waals surface area contributed by atoms with Gasteiger partial charge in [0, 0.05) is 46.0 Å². The summed E-state index contributed by atoms with van der Waals surface area (Å²) in [5.74, 6) is 1.36. The molecule has 1 aliphatic carbocycles. The normalized spacial score (nSPS) is 15.7. The minimum absolute atomic E-state index is 0.106. The fourth-order valence-electron chi connectivity index (χ4n) is 6.46. The molecule has 0 spiro atoms. The Labute approximate surface area is 314 Å². The van der Waals surface area contributed by atoms with Crippen molar-refractivity contribution in [2.75, 3.05) is 58.9 Å². The lowest BCUT2D eigenvalue weighted by atomic mass is 9.93. The second kappa shape index (κ2) is 17.2. The number of benzene rings is 3. The third-order valence-corrected chi connectivity index (χ3v) is 9.99. The molecule has 13 heteroatoms. The Bertz CT molecular complexity index is 1930. The zero-order valence-corrected chi connectivity index (χ0v) is 31.4. The van der Waals surface area contributed by atoms with Gasteiger partial charge in [-0.15, -0.1) is 0 Å². The Kier molecular flexibility index (Phi) is 12.8. The number of nitrogens with one attached hydrogen (secondary N) is 1. The summed E-state index contributed by atoms with van der Waals surface area (Å²) in [6, 6.07) is 16.9. The van der Waals surface area contributed by atoms with Crippen LogP contribution in [0.5, 0.6) is 5.75 Å². The monoisotopic (exact) mass is 748 g/mol. The van der Waals surface area contributed by atoms with Gasteiger partial charge in [0.05, 0.1) is 46.1 Å². The van der Waals surface area contributed by atoms with Crippen molar-refractivity contribution in [2.24, 2.45) is 5.92 Å². The zero-order chi connectivity index (χ0) is 37.4. The minimum Gasteiger partial charge on any atom is -0.490 e. The number of aromatic nitrogens is 2. The number of hydrogen-bond acceptors (Lipinski definition) is 7. The minimum atomic E-state index is -0.381. The average molecular weight is 750 g/mol. The van der Waals surface area contributed by atoms with Crippen LogP contribution in [0.3, 0.4) is 0 Å². The van der Waals surface area contributed by atoms with Crippen molar-refractivity contribution in [1.82, 2.24) is 15.1 Å². The lowest BCUT2D eigenvalue weighted by Gasteiger charge is -2.29. The number of unbranched alkanes of at least 4 members (excludes halogenated alkanes) is 1. The van der Waals surface area contributed by atoms with Crippen molar-refractivity contribution in [3.63, 3.8) is 0 Å². The molecule has 2 atom stereocenters. The first-order chi connectivity index (χ1) is 24.9. The second-order valence-electron chi connectivity index (χ2n) is 14.1. The number of quaternary nitrogens is 1. The molecule has 0 radical (unpaired) electrons. The Morgan fingerprint density at radius 1 is 1.02 bits per heavy atom. The Balaban J connectivity index is 0.00000168. The van der Waals surface area contributed by atoms with Gasteiger partial charge in [0.15, 0.2) is 0 Å². The highest BCUT2D eigenvalue weighted by Crippen LogP contribution is 2.57. The molecule has 274 valence electrons. The van der Waals surface area contributed by atoms with Gasteiger partial charge in [-0.25, -0.2) is 4.79 Å². The van der Waals surface area contributed by atoms with Crippen molar-refractivity contribution < 1.29 is 33.1 Å². The summed E-state index contributed by atoms with van der Waals surface area (Å²) >= 11 is 12.8. The molecule has 0 unspecified atom stereocenters. The maximum Gasteiger partial charge on any atom is 0.414 e. The van der Waals surface area contributed by atoms with Gasteiger partial charge in [-0.3, -0.25) is 14.4 Å². The number of fused-ring (bicyclic) bond motifs is 3. The van der Waals surface area contributed by atoms with Crippen LogP contribution in [0.25, 0.3) is 11.1 Å². The second-order valence-corrected chi connectivity index (χ2v) is 14.9. The number of carbonyl (C=O) groups is 2. The van der Waals surface area contributed by atoms with Crippen LogP contribution < -0.4 is 15.0 Å². The van der Waals surface area contributed by atoms with Crippen LogP contribution in [0, 0.1) is 12.8 Å². The first-order valence-electron chi connectivity index (χ1n) is 17.2. The number of anilines is 1. The molecule has 4 aromatic rings. The fourth-order valence-corrected chi connectivity index (χ4v) is 6.80. The number of nitrogens with zero attached hydrogens (tertiary/aromatic N) is 4. The van der Waals surface area contributed by atoms with Gasteiger partial charge >= 0.3 is 12.2 Å². The molecule has 3 aromatic carbocycles. The van der Waals surface area contributed by atoms with E-state index < -0.39 is 0 Å². The van der Waals surface area contributed by atoms with E-state index in [9.17, 15) is 9.59 Å². The van der Waals surface area contributed by atoms with Crippen molar-refractivity contribution >= 4 is 47.0 Å². The molecule has 1 aromatic heterocycles. The van der Waals surface area contributed by atoms with E-state index in [0.717, 1.165) is 63.8 Å². The van der Waals surface area contributed by atoms with Crippen molar-refractivity contribution in [1.29, 1.82) is 0 Å². The number of carbonyl (C=O) groups excluding carboxylic acids is 4. The predicted octanol–water partition coefficient (Wildman–Crippen LogP) is 6.99. The van der Waals surface area contributed by atoms with E-state index in [1.165, 1.54) is 0 Å². The van der Waals surface area contributed by atoms with Crippen molar-refractivity contribution in [3.8, 4) is 16.9 Å². The SMILES string of the molecule is Cc1c(Cl)cccc1OCCOC(=O)N1C[C@@H]2C[C@@H]2c2c(-c3cnn(Cc4cc(C(=O)NCCCC[N+](C)(C)C)ccc4Cl)c3)cccc21.O=C=O. The van der Waals surface area contributed by atoms with E-state index >= 15 is 0 Å². The van der Waals surface area contributed by atoms with Crippen molar-refractivity contribution in [3.05, 3.63) is 99.3 Å². The van der Waals surface area contributed by atoms with Crippen LogP contribution in [0.4, 0.5) is 10.5 Å². The largest absolute Gasteiger partial charge is 0.490 e. The topological polar surface area (TPSA) is 120 Å². The molecule has 1 N–H and O–H groups in total. The molecule has 6 rings (SSSR count).